The lowest BCUT2D eigenvalue weighted by Gasteiger charge is -2.16. The Kier molecular flexibility index (Phi) is 10.9. The van der Waals surface area contributed by atoms with Gasteiger partial charge in [0.15, 0.2) is 6.10 Å². The van der Waals surface area contributed by atoms with Gasteiger partial charge in [0.1, 0.15) is 11.5 Å². The van der Waals surface area contributed by atoms with Gasteiger partial charge in [0.25, 0.3) is 0 Å². The molecule has 0 radical (unpaired) electrons. The molecule has 1 N–H and O–H groups in total. The minimum Gasteiger partial charge on any atom is -0.494 e. The van der Waals surface area contributed by atoms with Crippen LogP contribution in [0.2, 0.25) is 0 Å². The molecule has 0 saturated heterocycles. The highest BCUT2D eigenvalue weighted by Crippen LogP contribution is 2.26. The largest absolute Gasteiger partial charge is 0.494 e. The Labute approximate surface area is 238 Å². The molecular weight excluding hydrogens is 498 g/mol. The van der Waals surface area contributed by atoms with E-state index < -0.39 is 12.1 Å². The van der Waals surface area contributed by atoms with Gasteiger partial charge in [-0.1, -0.05) is 75.1 Å². The number of aromatic nitrogens is 1. The second-order valence-electron chi connectivity index (χ2n) is 10.3. The minimum absolute atomic E-state index is 0.312. The fourth-order valence-corrected chi connectivity index (χ4v) is 4.88. The molecule has 0 bridgehead atoms. The van der Waals surface area contributed by atoms with Crippen molar-refractivity contribution in [2.45, 2.75) is 71.4 Å². The summed E-state index contributed by atoms with van der Waals surface area (Å²) in [6.07, 6.45) is 6.49. The summed E-state index contributed by atoms with van der Waals surface area (Å²) in [4.78, 5) is 11.8. The van der Waals surface area contributed by atoms with E-state index >= 15 is 0 Å². The number of rotatable bonds is 16. The summed E-state index contributed by atoms with van der Waals surface area (Å²) in [5.74, 6) is 0.512. The molecule has 0 aliphatic heterocycles. The van der Waals surface area contributed by atoms with E-state index in [9.17, 15) is 9.90 Å². The molecule has 1 aromatic heterocycles. The number of aliphatic carboxylic acids is 1. The van der Waals surface area contributed by atoms with Crippen molar-refractivity contribution in [3.8, 4) is 22.8 Å². The summed E-state index contributed by atoms with van der Waals surface area (Å²) in [5.41, 5.74) is 5.60. The molecule has 0 spiro atoms. The topological polar surface area (TPSA) is 60.7 Å². The number of ether oxygens (including phenoxy) is 2. The van der Waals surface area contributed by atoms with Gasteiger partial charge in [-0.05, 0) is 85.0 Å². The Morgan fingerprint density at radius 1 is 0.800 bits per heavy atom. The third-order valence-electron chi connectivity index (χ3n) is 7.23. The summed E-state index contributed by atoms with van der Waals surface area (Å²) >= 11 is 0. The lowest BCUT2D eigenvalue weighted by molar-refractivity contribution is -0.145. The fourth-order valence-electron chi connectivity index (χ4n) is 4.88. The van der Waals surface area contributed by atoms with Crippen LogP contribution in [0.25, 0.3) is 11.3 Å². The van der Waals surface area contributed by atoms with E-state index in [1.165, 1.54) is 36.9 Å². The normalized spacial score (nSPS) is 11.8. The first-order valence-corrected chi connectivity index (χ1v) is 14.4. The van der Waals surface area contributed by atoms with Gasteiger partial charge in [0.05, 0.1) is 6.61 Å². The second kappa shape index (κ2) is 15.0. The molecule has 4 rings (SSSR count). The quantitative estimate of drug-likeness (QED) is 0.146. The van der Waals surface area contributed by atoms with Gasteiger partial charge in [0, 0.05) is 24.4 Å². The van der Waals surface area contributed by atoms with Crippen LogP contribution >= 0.6 is 0 Å². The minimum atomic E-state index is -0.973. The van der Waals surface area contributed by atoms with Gasteiger partial charge in [0.2, 0.25) is 0 Å². The van der Waals surface area contributed by atoms with E-state index in [-0.39, 0.29) is 0 Å². The van der Waals surface area contributed by atoms with Gasteiger partial charge in [-0.15, -0.1) is 0 Å². The van der Waals surface area contributed by atoms with Gasteiger partial charge in [-0.2, -0.15) is 0 Å². The molecule has 0 saturated carbocycles. The Morgan fingerprint density at radius 2 is 1.50 bits per heavy atom. The SMILES string of the molecule is CCCCCCCOc1ccc(CCn2c(C)ccc2-c2ccc(O[C@H](Cc3ccccc3)C(=O)O)cc2)cc1. The Hall–Kier alpha value is -3.99. The lowest BCUT2D eigenvalue weighted by Crippen LogP contribution is -2.29. The van der Waals surface area contributed by atoms with Crippen LogP contribution in [0.5, 0.6) is 11.5 Å². The number of carbonyl (C=O) groups is 1. The third-order valence-corrected chi connectivity index (χ3v) is 7.23. The molecule has 0 fully saturated rings. The monoisotopic (exact) mass is 539 g/mol. The fraction of sp³-hybridized carbons (Fsp3) is 0.343. The Balaban J connectivity index is 1.33. The second-order valence-corrected chi connectivity index (χ2v) is 10.3. The predicted octanol–water partition coefficient (Wildman–Crippen LogP) is 8.13. The maximum Gasteiger partial charge on any atom is 0.345 e. The molecule has 1 atom stereocenters. The summed E-state index contributed by atoms with van der Waals surface area (Å²) in [7, 11) is 0. The van der Waals surface area contributed by atoms with Crippen LogP contribution < -0.4 is 9.47 Å². The number of aryl methyl sites for hydroxylation is 2. The van der Waals surface area contributed by atoms with Crippen molar-refractivity contribution in [3.05, 3.63) is 108 Å². The first-order valence-electron chi connectivity index (χ1n) is 14.4. The van der Waals surface area contributed by atoms with E-state index in [4.69, 9.17) is 9.47 Å². The molecule has 0 aliphatic carbocycles. The first-order chi connectivity index (χ1) is 19.5. The molecular formula is C35H41NO4. The molecule has 0 aliphatic rings. The van der Waals surface area contributed by atoms with Crippen molar-refractivity contribution in [2.75, 3.05) is 6.61 Å². The van der Waals surface area contributed by atoms with Crippen LogP contribution in [0.15, 0.2) is 91.0 Å². The molecule has 40 heavy (non-hydrogen) atoms. The number of nitrogens with zero attached hydrogens (tertiary/aromatic N) is 1. The van der Waals surface area contributed by atoms with Gasteiger partial charge >= 0.3 is 5.97 Å². The standard InChI is InChI=1S/C35H41NO4/c1-3-4-5-6-10-25-39-31-18-14-28(15-19-31)23-24-36-27(2)13-22-33(36)30-16-20-32(21-17-30)40-34(35(37)38)26-29-11-8-7-9-12-29/h7-9,11-22,34H,3-6,10,23-26H2,1-2H3,(H,37,38)/t34-/m1/s1. The molecule has 4 aromatic rings. The zero-order valence-corrected chi connectivity index (χ0v) is 23.7. The average molecular weight is 540 g/mol. The molecule has 0 amide bonds. The number of hydrogen-bond acceptors (Lipinski definition) is 3. The van der Waals surface area contributed by atoms with Gasteiger partial charge in [-0.3, -0.25) is 0 Å². The van der Waals surface area contributed by atoms with Crippen LogP contribution in [0.1, 0.15) is 55.8 Å². The van der Waals surface area contributed by atoms with Crippen LogP contribution in [-0.2, 0) is 24.2 Å². The van der Waals surface area contributed by atoms with Crippen LogP contribution in [0.4, 0.5) is 0 Å². The van der Waals surface area contributed by atoms with Gasteiger partial charge in [-0.25, -0.2) is 4.79 Å². The zero-order valence-electron chi connectivity index (χ0n) is 23.7. The van der Waals surface area contributed by atoms with E-state index in [0.717, 1.165) is 48.6 Å². The third kappa shape index (κ3) is 8.51. The first kappa shape index (κ1) is 29.0. The number of carboxylic acid groups (broad SMARTS) is 1. The highest BCUT2D eigenvalue weighted by atomic mass is 16.5. The van der Waals surface area contributed by atoms with Crippen molar-refractivity contribution >= 4 is 5.97 Å². The number of hydrogen-bond donors (Lipinski definition) is 1. The summed E-state index contributed by atoms with van der Waals surface area (Å²) in [5, 5.41) is 9.67. The molecule has 5 nitrogen and oxygen atoms in total. The maximum atomic E-state index is 11.8. The summed E-state index contributed by atoms with van der Waals surface area (Å²) < 4.78 is 14.1. The molecule has 3 aromatic carbocycles. The average Bonchev–Trinajstić information content (AvgIpc) is 3.35. The predicted molar refractivity (Wildman–Crippen MR) is 161 cm³/mol. The van der Waals surface area contributed by atoms with Crippen molar-refractivity contribution in [1.29, 1.82) is 0 Å². The highest BCUT2D eigenvalue weighted by Gasteiger charge is 2.20. The van der Waals surface area contributed by atoms with E-state index in [1.54, 1.807) is 0 Å². The molecule has 5 heteroatoms. The maximum absolute atomic E-state index is 11.8. The molecule has 0 unspecified atom stereocenters. The molecule has 1 heterocycles. The summed E-state index contributed by atoms with van der Waals surface area (Å²) in [6.45, 7) is 6.00. The van der Waals surface area contributed by atoms with Crippen molar-refractivity contribution < 1.29 is 19.4 Å². The zero-order chi connectivity index (χ0) is 28.2. The Morgan fingerprint density at radius 3 is 2.20 bits per heavy atom. The molecule has 210 valence electrons. The number of carboxylic acids is 1. The van der Waals surface area contributed by atoms with Crippen molar-refractivity contribution in [3.63, 3.8) is 0 Å². The number of unbranched alkanes of at least 4 members (excludes halogenated alkanes) is 4. The summed E-state index contributed by atoms with van der Waals surface area (Å²) in [6, 6.07) is 30.0. The van der Waals surface area contributed by atoms with E-state index in [2.05, 4.69) is 54.8 Å². The van der Waals surface area contributed by atoms with E-state index in [1.807, 2.05) is 54.6 Å². The van der Waals surface area contributed by atoms with Crippen LogP contribution in [0, 0.1) is 6.92 Å². The highest BCUT2D eigenvalue weighted by molar-refractivity contribution is 5.73. The Bertz CT molecular complexity index is 1310. The van der Waals surface area contributed by atoms with Crippen molar-refractivity contribution in [1.82, 2.24) is 4.57 Å². The van der Waals surface area contributed by atoms with Gasteiger partial charge < -0.3 is 19.1 Å². The van der Waals surface area contributed by atoms with Crippen LogP contribution in [-0.4, -0.2) is 28.4 Å². The van der Waals surface area contributed by atoms with E-state index in [0.29, 0.717) is 12.2 Å². The smallest absolute Gasteiger partial charge is 0.345 e. The lowest BCUT2D eigenvalue weighted by atomic mass is 10.1. The van der Waals surface area contributed by atoms with Crippen molar-refractivity contribution in [2.24, 2.45) is 0 Å². The van der Waals surface area contributed by atoms with Crippen LogP contribution in [0.3, 0.4) is 0 Å². The number of benzene rings is 3.